The second-order valence-corrected chi connectivity index (χ2v) is 4.96. The number of ether oxygens (including phenoxy) is 2. The zero-order valence-electron chi connectivity index (χ0n) is 11.9. The van der Waals surface area contributed by atoms with Gasteiger partial charge in [0.15, 0.2) is 0 Å². The lowest BCUT2D eigenvalue weighted by Crippen LogP contribution is -2.65. The maximum Gasteiger partial charge on any atom is 0.236 e. The molecule has 0 aliphatic carbocycles. The maximum atomic E-state index is 10.3. The molecule has 0 radical (unpaired) electrons. The van der Waals surface area contributed by atoms with E-state index in [-0.39, 0.29) is 0 Å². The van der Waals surface area contributed by atoms with Gasteiger partial charge in [0.1, 0.15) is 24.1 Å². The summed E-state index contributed by atoms with van der Waals surface area (Å²) in [7, 11) is 1.52. The number of aliphatic imine (C=N–C) groups is 1. The highest BCUT2D eigenvalue weighted by Gasteiger charge is 2.54. The minimum atomic E-state index is -2.44. The van der Waals surface area contributed by atoms with Gasteiger partial charge in [-0.05, 0) is 29.8 Å². The molecule has 0 unspecified atom stereocenters. The van der Waals surface area contributed by atoms with Crippen molar-refractivity contribution >= 4 is 6.21 Å². The fraction of sp³-hybridized carbons (Fsp3) is 0.500. The van der Waals surface area contributed by atoms with Crippen LogP contribution in [0.25, 0.3) is 0 Å². The molecule has 1 heterocycles. The van der Waals surface area contributed by atoms with Gasteiger partial charge in [0.05, 0.1) is 13.7 Å². The first-order valence-electron chi connectivity index (χ1n) is 6.64. The van der Waals surface area contributed by atoms with Crippen LogP contribution in [0.4, 0.5) is 0 Å². The van der Waals surface area contributed by atoms with Crippen molar-refractivity contribution < 1.29 is 35.0 Å². The number of hydrogen-bond donors (Lipinski definition) is 5. The van der Waals surface area contributed by atoms with Crippen molar-refractivity contribution in [1.82, 2.24) is 0 Å². The molecule has 1 aromatic rings. The molecule has 5 N–H and O–H groups in total. The summed E-state index contributed by atoms with van der Waals surface area (Å²) in [4.78, 5) is 3.75. The van der Waals surface area contributed by atoms with Crippen molar-refractivity contribution in [2.45, 2.75) is 30.3 Å². The Morgan fingerprint density at radius 3 is 2.45 bits per heavy atom. The summed E-state index contributed by atoms with van der Waals surface area (Å²) in [5.41, 5.74) is -1.86. The molecule has 8 nitrogen and oxygen atoms in total. The second-order valence-electron chi connectivity index (χ2n) is 4.96. The number of aliphatic hydroxyl groups is 5. The van der Waals surface area contributed by atoms with E-state index in [1.165, 1.54) is 13.3 Å². The van der Waals surface area contributed by atoms with E-state index in [4.69, 9.17) is 14.6 Å². The highest BCUT2D eigenvalue weighted by molar-refractivity contribution is 5.80. The molecule has 0 amide bonds. The number of aliphatic hydroxyl groups excluding tert-OH is 4. The molecule has 0 aromatic heterocycles. The third kappa shape index (κ3) is 3.12. The molecule has 1 fully saturated rings. The number of rotatable bonds is 4. The summed E-state index contributed by atoms with van der Waals surface area (Å²) in [6, 6.07) is 6.65. The summed E-state index contributed by atoms with van der Waals surface area (Å²) in [6.45, 7) is -0.617. The molecule has 2 rings (SSSR count). The molecule has 1 aliphatic heterocycles. The topological polar surface area (TPSA) is 132 Å². The molecule has 1 aliphatic rings. The van der Waals surface area contributed by atoms with Gasteiger partial charge in [0.2, 0.25) is 12.0 Å². The van der Waals surface area contributed by atoms with Crippen LogP contribution in [-0.4, -0.2) is 75.8 Å². The van der Waals surface area contributed by atoms with E-state index >= 15 is 0 Å². The Labute approximate surface area is 126 Å². The van der Waals surface area contributed by atoms with E-state index in [1.807, 2.05) is 0 Å². The van der Waals surface area contributed by atoms with Crippen molar-refractivity contribution in [2.24, 2.45) is 4.99 Å². The third-order valence-corrected chi connectivity index (χ3v) is 3.52. The van der Waals surface area contributed by atoms with E-state index in [1.54, 1.807) is 24.3 Å². The first-order chi connectivity index (χ1) is 10.4. The summed E-state index contributed by atoms with van der Waals surface area (Å²) < 4.78 is 9.88. The number of nitrogens with zero attached hydrogens (tertiary/aromatic N) is 1. The van der Waals surface area contributed by atoms with Gasteiger partial charge < -0.3 is 35.0 Å². The van der Waals surface area contributed by atoms with Gasteiger partial charge in [-0.2, -0.15) is 0 Å². The van der Waals surface area contributed by atoms with E-state index in [9.17, 15) is 20.4 Å². The Hall–Kier alpha value is -1.55. The zero-order chi connectivity index (χ0) is 16.3. The highest BCUT2D eigenvalue weighted by Crippen LogP contribution is 2.30. The van der Waals surface area contributed by atoms with E-state index in [2.05, 4.69) is 4.99 Å². The average Bonchev–Trinajstić information content (AvgIpc) is 2.55. The smallest absolute Gasteiger partial charge is 0.236 e. The Kier molecular flexibility index (Phi) is 5.12. The predicted molar refractivity (Wildman–Crippen MR) is 75.5 cm³/mol. The largest absolute Gasteiger partial charge is 0.497 e. The Morgan fingerprint density at radius 1 is 1.27 bits per heavy atom. The van der Waals surface area contributed by atoms with Gasteiger partial charge >= 0.3 is 0 Å². The first-order valence-corrected chi connectivity index (χ1v) is 6.64. The van der Waals surface area contributed by atoms with Crippen LogP contribution >= 0.6 is 0 Å². The molecule has 1 saturated heterocycles. The molecular weight excluding hydrogens is 294 g/mol. The van der Waals surface area contributed by atoms with Crippen molar-refractivity contribution in [3.8, 4) is 5.75 Å². The van der Waals surface area contributed by atoms with Crippen LogP contribution in [0.1, 0.15) is 5.56 Å². The van der Waals surface area contributed by atoms with Gasteiger partial charge in [0, 0.05) is 6.21 Å². The summed E-state index contributed by atoms with van der Waals surface area (Å²) in [6.07, 6.45) is -5.28. The van der Waals surface area contributed by atoms with Gasteiger partial charge in [-0.15, -0.1) is 0 Å². The standard InChI is InChI=1S/C14H19NO7/c1-21-9-4-2-8(3-5-9)6-15-14(20)12(18)11(17)10(7-16)22-13(14)19/h2-6,10-13,16-20H,7H2,1H3/t10-,11-,12+,13-,14-/m1/s1. The van der Waals surface area contributed by atoms with Crippen LogP contribution < -0.4 is 4.74 Å². The molecule has 5 atom stereocenters. The number of hydrogen-bond acceptors (Lipinski definition) is 8. The molecule has 0 saturated carbocycles. The predicted octanol–water partition coefficient (Wildman–Crippen LogP) is -1.77. The lowest BCUT2D eigenvalue weighted by Gasteiger charge is -2.43. The molecule has 122 valence electrons. The van der Waals surface area contributed by atoms with Crippen LogP contribution in [0.3, 0.4) is 0 Å². The van der Waals surface area contributed by atoms with Crippen molar-refractivity contribution in [3.63, 3.8) is 0 Å². The Balaban J connectivity index is 2.19. The summed E-state index contributed by atoms with van der Waals surface area (Å²) in [5, 5.41) is 48.7. The Bertz CT molecular complexity index is 520. The molecule has 0 spiro atoms. The number of benzene rings is 1. The lowest BCUT2D eigenvalue weighted by atomic mass is 9.94. The minimum Gasteiger partial charge on any atom is -0.497 e. The second kappa shape index (κ2) is 6.69. The van der Waals surface area contributed by atoms with Gasteiger partial charge in [-0.25, -0.2) is 0 Å². The monoisotopic (exact) mass is 313 g/mol. The highest BCUT2D eigenvalue weighted by atomic mass is 16.6. The average molecular weight is 313 g/mol. The molecule has 0 bridgehead atoms. The van der Waals surface area contributed by atoms with Crippen molar-refractivity contribution in [2.75, 3.05) is 13.7 Å². The molecular formula is C14H19NO7. The fourth-order valence-electron chi connectivity index (χ4n) is 2.11. The first kappa shape index (κ1) is 16.8. The van der Waals surface area contributed by atoms with Gasteiger partial charge in [0.25, 0.3) is 0 Å². The summed E-state index contributed by atoms with van der Waals surface area (Å²) in [5.74, 6) is 0.637. The fourth-order valence-corrected chi connectivity index (χ4v) is 2.11. The van der Waals surface area contributed by atoms with Crippen LogP contribution in [0.2, 0.25) is 0 Å². The number of methoxy groups -OCH3 is 1. The summed E-state index contributed by atoms with van der Waals surface area (Å²) >= 11 is 0. The lowest BCUT2D eigenvalue weighted by molar-refractivity contribution is -0.326. The van der Waals surface area contributed by atoms with Crippen molar-refractivity contribution in [3.05, 3.63) is 29.8 Å². The molecule has 8 heteroatoms. The van der Waals surface area contributed by atoms with Gasteiger partial charge in [-0.3, -0.25) is 4.99 Å². The molecule has 1 aromatic carbocycles. The van der Waals surface area contributed by atoms with E-state index in [0.29, 0.717) is 11.3 Å². The van der Waals surface area contributed by atoms with Crippen LogP contribution in [0.5, 0.6) is 5.75 Å². The zero-order valence-corrected chi connectivity index (χ0v) is 11.9. The minimum absolute atomic E-state index is 0.576. The quantitative estimate of drug-likeness (QED) is 0.416. The van der Waals surface area contributed by atoms with Crippen LogP contribution in [0, 0.1) is 0 Å². The van der Waals surface area contributed by atoms with E-state index < -0.39 is 36.9 Å². The van der Waals surface area contributed by atoms with Crippen molar-refractivity contribution in [1.29, 1.82) is 0 Å². The molecule has 22 heavy (non-hydrogen) atoms. The van der Waals surface area contributed by atoms with E-state index in [0.717, 1.165) is 0 Å². The Morgan fingerprint density at radius 2 is 1.91 bits per heavy atom. The normalized spacial score (nSPS) is 35.7. The third-order valence-electron chi connectivity index (χ3n) is 3.52. The van der Waals surface area contributed by atoms with Crippen LogP contribution in [-0.2, 0) is 4.74 Å². The SMILES string of the molecule is COc1ccc(C=N[C@]2(O)[C@H](O)O[C@H](CO)[C@@H](O)[C@@H]2O)cc1. The van der Waals surface area contributed by atoms with Crippen LogP contribution in [0.15, 0.2) is 29.3 Å². The maximum absolute atomic E-state index is 10.3. The van der Waals surface area contributed by atoms with Gasteiger partial charge in [-0.1, -0.05) is 0 Å².